The number of nitrogens with two attached hydrogens (primary N) is 1. The molecule has 2 atom stereocenters. The van der Waals surface area contributed by atoms with Gasteiger partial charge >= 0.3 is 5.97 Å². The molecule has 6 N–H and O–H groups in total. The largest absolute Gasteiger partial charge is 0.497 e. The minimum atomic E-state index is -3.99. The lowest BCUT2D eigenvalue weighted by Gasteiger charge is -2.20. The van der Waals surface area contributed by atoms with E-state index < -0.39 is 31.9 Å². The van der Waals surface area contributed by atoms with E-state index in [1.54, 1.807) is 87.0 Å². The maximum absolute atomic E-state index is 13.5. The summed E-state index contributed by atoms with van der Waals surface area (Å²) in [5, 5.41) is 29.2. The highest BCUT2D eigenvalue weighted by molar-refractivity contribution is 7.90. The van der Waals surface area contributed by atoms with Crippen molar-refractivity contribution in [3.8, 4) is 11.5 Å². The Morgan fingerprint density at radius 1 is 0.554 bits per heavy atom. The van der Waals surface area contributed by atoms with Crippen LogP contribution in [0.4, 0.5) is 11.6 Å². The molecule has 0 spiro atoms. The first-order valence-electron chi connectivity index (χ1n) is 26.3. The van der Waals surface area contributed by atoms with Gasteiger partial charge in [-0.15, -0.1) is 0 Å². The Bertz CT molecular complexity index is 3860. The van der Waals surface area contributed by atoms with Crippen molar-refractivity contribution in [2.45, 2.75) is 75.7 Å². The summed E-state index contributed by atoms with van der Waals surface area (Å²) in [6.45, 7) is 11.6. The third-order valence-electron chi connectivity index (χ3n) is 13.8. The maximum atomic E-state index is 13.5. The summed E-state index contributed by atoms with van der Waals surface area (Å²) < 4.78 is 62.7. The number of fused-ring (bicyclic) bond motifs is 2. The van der Waals surface area contributed by atoms with Crippen LogP contribution >= 0.6 is 0 Å². The van der Waals surface area contributed by atoms with Gasteiger partial charge in [-0.25, -0.2) is 40.9 Å². The number of carboxylic acid groups (broad SMARTS) is 1. The van der Waals surface area contributed by atoms with Crippen LogP contribution in [0.2, 0.25) is 0 Å². The molecule has 0 saturated carbocycles. The molecule has 2 aliphatic heterocycles. The number of aryl methyl sites for hydroxylation is 2. The second-order valence-corrected chi connectivity index (χ2v) is 22.8. The van der Waals surface area contributed by atoms with Gasteiger partial charge < -0.3 is 35.0 Å². The van der Waals surface area contributed by atoms with Crippen LogP contribution in [0.1, 0.15) is 101 Å². The summed E-state index contributed by atoms with van der Waals surface area (Å²) in [4.78, 5) is 54.9. The van der Waals surface area contributed by atoms with Crippen LogP contribution in [0, 0.1) is 13.8 Å². The minimum absolute atomic E-state index is 0.00492. The summed E-state index contributed by atoms with van der Waals surface area (Å²) in [6.07, 6.45) is 0. The van der Waals surface area contributed by atoms with Gasteiger partial charge in [0.1, 0.15) is 34.3 Å². The van der Waals surface area contributed by atoms with Crippen molar-refractivity contribution in [2.24, 2.45) is 5.14 Å². The summed E-state index contributed by atoms with van der Waals surface area (Å²) in [5.41, 5.74) is 6.57. The number of benzene rings is 6. The first-order valence-corrected chi connectivity index (χ1v) is 29.3. The number of carbonyl (C=O) groups is 4. The number of sulfonamides is 2. The number of nitrogens with zero attached hydrogens (tertiary/aromatic N) is 6. The smallest absolute Gasteiger partial charge is 0.335 e. The molecule has 23 heteroatoms. The fraction of sp³-hybridized carbons (Fsp3) is 0.233. The van der Waals surface area contributed by atoms with E-state index in [9.17, 15) is 36.0 Å². The molecule has 0 radical (unpaired) electrons. The molecular formula is C60H64N10O11S2. The molecule has 0 saturated heterocycles. The van der Waals surface area contributed by atoms with E-state index in [-0.39, 0.29) is 44.8 Å². The third kappa shape index (κ3) is 14.6. The SMILES string of the molecule is COc1cccc(CN2CCn3nc(C)c(C(=O)N[C@@H](C)c4ccc(C(=O)NS(=O)(=O)c5ccccc5)cc4)c32)c1.COc1cccc(CN2CCn3nc(C)c(C(=O)N[C@@H](C)c4ccc(C(=O)O)cc4)c32)c1.NS(=O)(=O)c1ccccc1. The van der Waals surface area contributed by atoms with Gasteiger partial charge in [0.2, 0.25) is 10.0 Å². The van der Waals surface area contributed by atoms with Crippen LogP contribution in [0.25, 0.3) is 0 Å². The monoisotopic (exact) mass is 1160 g/mol. The van der Waals surface area contributed by atoms with E-state index in [1.807, 2.05) is 85.6 Å². The molecule has 2 aromatic heterocycles. The van der Waals surface area contributed by atoms with Gasteiger partial charge in [-0.05, 0) is 123 Å². The van der Waals surface area contributed by atoms with E-state index in [1.165, 1.54) is 36.4 Å². The maximum Gasteiger partial charge on any atom is 0.335 e. The number of anilines is 2. The Labute approximate surface area is 481 Å². The fourth-order valence-corrected chi connectivity index (χ4v) is 11.1. The van der Waals surface area contributed by atoms with Crippen LogP contribution in [0.5, 0.6) is 11.5 Å². The number of hydrogen-bond acceptors (Lipinski definition) is 14. The lowest BCUT2D eigenvalue weighted by atomic mass is 10.1. The van der Waals surface area contributed by atoms with Gasteiger partial charge in [-0.1, -0.05) is 84.9 Å². The summed E-state index contributed by atoms with van der Waals surface area (Å²) in [5.74, 6) is 1.01. The second-order valence-electron chi connectivity index (χ2n) is 19.6. The standard InChI is InChI=1S/C30H31N5O5S.C24H26N4O4.C6H7NO2S/c1-20(23-12-14-24(15-13-23)28(36)33-41(38,39)26-10-5-4-6-11-26)31-29(37)27-21(2)32-35-17-16-34(30(27)35)19-22-8-7-9-25(18-22)40-3;1-15(18-7-9-19(10-8-18)24(30)31)25-22(29)21-16(2)26-28-12-11-27(23(21)28)14-17-5-4-6-20(13-17)32-3;7-10(8,9)6-4-2-1-3-5-6/h4-15,18,20H,16-17,19H2,1-3H3,(H,31,37)(H,33,36);4-10,13,15H,11-12,14H2,1-3H3,(H,25,29)(H,30,31);1-5H,(H2,7,8,9)/t20-;15-;/m00./s1. The molecule has 8 aromatic rings. The Kier molecular flexibility index (Phi) is 18.8. The average Bonchev–Trinajstić information content (AvgIpc) is 4.06. The topological polar surface area (TPSA) is 279 Å². The molecule has 10 rings (SSSR count). The van der Waals surface area contributed by atoms with Gasteiger partial charge in [-0.3, -0.25) is 14.4 Å². The van der Waals surface area contributed by atoms with Crippen molar-refractivity contribution >= 4 is 55.4 Å². The highest BCUT2D eigenvalue weighted by Crippen LogP contribution is 2.33. The van der Waals surface area contributed by atoms with Crippen molar-refractivity contribution in [1.82, 2.24) is 34.9 Å². The zero-order chi connectivity index (χ0) is 59.6. The number of methoxy groups -OCH3 is 2. The minimum Gasteiger partial charge on any atom is -0.497 e. The molecule has 6 aromatic carbocycles. The number of nitrogens with one attached hydrogen (secondary N) is 3. The first-order chi connectivity index (χ1) is 39.6. The van der Waals surface area contributed by atoms with Crippen molar-refractivity contribution < 1.29 is 50.6 Å². The Morgan fingerprint density at radius 2 is 0.964 bits per heavy atom. The van der Waals surface area contributed by atoms with Crippen molar-refractivity contribution in [2.75, 3.05) is 37.1 Å². The zero-order valence-electron chi connectivity index (χ0n) is 46.5. The lowest BCUT2D eigenvalue weighted by molar-refractivity contribution is 0.0695. The van der Waals surface area contributed by atoms with Crippen LogP contribution in [0.15, 0.2) is 168 Å². The zero-order valence-corrected chi connectivity index (χ0v) is 48.1. The molecule has 0 aliphatic carbocycles. The van der Waals surface area contributed by atoms with Crippen LogP contribution in [0.3, 0.4) is 0 Å². The number of amides is 3. The molecule has 0 unspecified atom stereocenters. The van der Waals surface area contributed by atoms with Crippen molar-refractivity contribution in [3.05, 3.63) is 214 Å². The Morgan fingerprint density at radius 3 is 1.35 bits per heavy atom. The fourth-order valence-electron chi connectivity index (χ4n) is 9.55. The Hall–Kier alpha value is -9.32. The normalized spacial score (nSPS) is 13.2. The second kappa shape index (κ2) is 26.1. The number of aromatic nitrogens is 4. The molecule has 432 valence electrons. The lowest BCUT2D eigenvalue weighted by Crippen LogP contribution is -2.31. The quantitative estimate of drug-likeness (QED) is 0.0588. The molecule has 0 bridgehead atoms. The summed E-state index contributed by atoms with van der Waals surface area (Å²) in [7, 11) is -4.21. The molecule has 21 nitrogen and oxygen atoms in total. The molecular weight excluding hydrogens is 1100 g/mol. The third-order valence-corrected chi connectivity index (χ3v) is 16.1. The van der Waals surface area contributed by atoms with Crippen LogP contribution < -0.4 is 39.8 Å². The van der Waals surface area contributed by atoms with Gasteiger partial charge in [0.05, 0.1) is 66.1 Å². The number of hydrogen-bond donors (Lipinski definition) is 5. The predicted molar refractivity (Wildman–Crippen MR) is 313 cm³/mol. The number of ether oxygens (including phenoxy) is 2. The summed E-state index contributed by atoms with van der Waals surface area (Å²) in [6, 6.07) is 43.6. The van der Waals surface area contributed by atoms with Gasteiger partial charge in [0, 0.05) is 31.7 Å². The van der Waals surface area contributed by atoms with E-state index in [0.717, 1.165) is 65.0 Å². The number of carboxylic acids is 1. The van der Waals surface area contributed by atoms with E-state index in [4.69, 9.17) is 19.7 Å². The Balaban J connectivity index is 0.000000189. The van der Waals surface area contributed by atoms with Crippen LogP contribution in [-0.4, -0.2) is 92.5 Å². The highest BCUT2D eigenvalue weighted by atomic mass is 32.2. The van der Waals surface area contributed by atoms with E-state index >= 15 is 0 Å². The molecule has 4 heterocycles. The molecule has 83 heavy (non-hydrogen) atoms. The van der Waals surface area contributed by atoms with Crippen molar-refractivity contribution in [3.63, 3.8) is 0 Å². The average molecular weight is 1170 g/mol. The predicted octanol–water partition coefficient (Wildman–Crippen LogP) is 7.57. The molecule has 2 aliphatic rings. The molecule has 3 amide bonds. The van der Waals surface area contributed by atoms with Gasteiger partial charge in [0.15, 0.2) is 0 Å². The number of primary sulfonamides is 1. The number of rotatable bonds is 17. The van der Waals surface area contributed by atoms with E-state index in [0.29, 0.717) is 42.1 Å². The highest BCUT2D eigenvalue weighted by Gasteiger charge is 2.33. The summed E-state index contributed by atoms with van der Waals surface area (Å²) >= 11 is 0. The first kappa shape index (κ1) is 59.8. The number of carbonyl (C=O) groups excluding carboxylic acids is 3. The number of aromatic carboxylic acids is 1. The molecule has 0 fully saturated rings. The van der Waals surface area contributed by atoms with Crippen molar-refractivity contribution in [1.29, 1.82) is 0 Å². The van der Waals surface area contributed by atoms with Crippen LogP contribution in [-0.2, 0) is 46.2 Å². The van der Waals surface area contributed by atoms with Gasteiger partial charge in [-0.2, -0.15) is 10.2 Å². The van der Waals surface area contributed by atoms with E-state index in [2.05, 4.69) is 35.4 Å². The van der Waals surface area contributed by atoms with Gasteiger partial charge in [0.25, 0.3) is 27.7 Å².